The summed E-state index contributed by atoms with van der Waals surface area (Å²) in [5.74, 6) is -4.54. The first-order valence-electron chi connectivity index (χ1n) is 27.7. The van der Waals surface area contributed by atoms with Gasteiger partial charge in [-0.25, -0.2) is 32.6 Å². The lowest BCUT2D eigenvalue weighted by Gasteiger charge is -2.31. The Balaban J connectivity index is 0.831. The van der Waals surface area contributed by atoms with Crippen molar-refractivity contribution in [3.63, 3.8) is 0 Å². The zero-order valence-electron chi connectivity index (χ0n) is 48.8. The minimum absolute atomic E-state index is 0.0333. The fraction of sp³-hybridized carbons (Fsp3) is 0.448. The lowest BCUT2D eigenvalue weighted by Crippen LogP contribution is -2.57. The molecule has 0 aliphatic carbocycles. The molecule has 0 bridgehead atoms. The number of fused-ring (bicyclic) bond motifs is 5. The molecule has 8 rings (SSSR count). The molecule has 0 fully saturated rings. The van der Waals surface area contributed by atoms with Crippen molar-refractivity contribution >= 4 is 61.9 Å². The number of unbranched alkanes of at least 4 members (excludes halogenated alkanes) is 1. The van der Waals surface area contributed by atoms with Crippen LogP contribution in [0, 0.1) is 24.1 Å². The van der Waals surface area contributed by atoms with Crippen LogP contribution in [0.2, 0.25) is 0 Å². The number of carbonyl (C=O) groups excluding carboxylic acids is 6. The Kier molecular flexibility index (Phi) is 19.0. The van der Waals surface area contributed by atoms with Crippen LogP contribution in [-0.2, 0) is 73.4 Å². The molecule has 3 atom stereocenters. The van der Waals surface area contributed by atoms with E-state index in [2.05, 4.69) is 46.9 Å². The normalized spacial score (nSPS) is 15.4. The highest BCUT2D eigenvalue weighted by Crippen LogP contribution is 2.44. The zero-order chi connectivity index (χ0) is 61.7. The first kappa shape index (κ1) is 62.6. The second-order valence-corrected chi connectivity index (χ2v) is 24.5. The average Bonchev–Trinajstić information content (AvgIpc) is 1.86. The van der Waals surface area contributed by atoms with Crippen LogP contribution < -0.4 is 32.1 Å². The first-order chi connectivity index (χ1) is 40.2. The van der Waals surface area contributed by atoms with E-state index in [1.54, 1.807) is 84.1 Å². The molecule has 27 heteroatoms. The van der Waals surface area contributed by atoms with Crippen molar-refractivity contribution in [2.75, 3.05) is 52.1 Å². The number of cyclic esters (lactones) is 1. The van der Waals surface area contributed by atoms with E-state index < -0.39 is 98.9 Å². The summed E-state index contributed by atoms with van der Waals surface area (Å²) in [6.07, 6.45) is 7.04. The number of ether oxygens (including phenoxy) is 2. The Morgan fingerprint density at radius 2 is 1.67 bits per heavy atom. The van der Waals surface area contributed by atoms with Gasteiger partial charge >= 0.3 is 5.97 Å². The van der Waals surface area contributed by atoms with Crippen LogP contribution in [0.3, 0.4) is 0 Å². The van der Waals surface area contributed by atoms with Crippen molar-refractivity contribution < 1.29 is 56.2 Å². The van der Waals surface area contributed by atoms with Gasteiger partial charge in [0.05, 0.1) is 41.8 Å². The second-order valence-electron chi connectivity index (χ2n) is 22.6. The monoisotopic (exact) mass is 1190 g/mol. The number of halogens is 1. The molecular weight excluding hydrogens is 1120 g/mol. The highest BCUT2D eigenvalue weighted by molar-refractivity contribution is 7.90. The minimum atomic E-state index is -3.59. The Labute approximate surface area is 489 Å². The molecule has 6 N–H and O–H groups in total. The number of esters is 1. The van der Waals surface area contributed by atoms with E-state index in [0.717, 1.165) is 12.8 Å². The SMILES string of the molecule is CC[C@@]1(O)C(=O)OCc2c1cc1n(c2=O)Cc2c-1nc1cc(F)c(C)cc1c2-c1ccc(NC(=O)COCNC(=O)CNC(=O)[C@H](CCCCN(C)C)NC(=O)[C@@H](NC(=O)C(C)(C)CCn2cc(-c3cnc(S(C)(=O)=O)nc3)nn2)C(C)C)cc1. The molecule has 2 aromatic carbocycles. The number of rotatable bonds is 25. The van der Waals surface area contributed by atoms with Gasteiger partial charge in [-0.05, 0) is 107 Å². The number of hydrogen-bond acceptors (Lipinski definition) is 18. The lowest BCUT2D eigenvalue weighted by molar-refractivity contribution is -0.172. The molecule has 4 aromatic heterocycles. The number of nitrogens with zero attached hydrogens (tertiary/aromatic N) is 8. The van der Waals surface area contributed by atoms with Crippen LogP contribution in [0.25, 0.3) is 44.7 Å². The number of anilines is 1. The largest absolute Gasteiger partial charge is 0.458 e. The third-order valence-electron chi connectivity index (χ3n) is 15.0. The van der Waals surface area contributed by atoms with Gasteiger partial charge in [-0.1, -0.05) is 52.0 Å². The van der Waals surface area contributed by atoms with E-state index in [4.69, 9.17) is 14.5 Å². The molecule has 0 saturated carbocycles. The summed E-state index contributed by atoms with van der Waals surface area (Å²) in [4.78, 5) is 109. The predicted molar refractivity (Wildman–Crippen MR) is 309 cm³/mol. The molecule has 85 heavy (non-hydrogen) atoms. The average molecular weight is 1190 g/mol. The third-order valence-corrected chi connectivity index (χ3v) is 15.9. The quantitative estimate of drug-likeness (QED) is 0.0207. The van der Waals surface area contributed by atoms with Crippen LogP contribution in [-0.4, -0.2) is 147 Å². The standard InChI is InChI=1S/C58H70FN13O12S/c1-10-58(80)40-22-45-50-38(27-72(45)53(77)39(40)29-84-55(58)79)48(37-21-33(4)41(59)23-43(37)65-50)34-14-16-36(17-15-34)64-47(74)30-83-31-63-46(73)26-60-51(75)42(13-11-12-19-70(7)8)66-52(76)49(32(2)3)67-54(78)57(5,6)18-20-71-28-44(68-69-71)35-24-61-56(62-25-35)85(9,81)82/h14-17,21-25,28,32,42,49,80H,10-13,18-20,26-27,29-31H2,1-9H3,(H,60,75)(H,63,73)(H,64,74)(H,66,76)(H,67,78)/t42-,49-,58-/m0/s1. The lowest BCUT2D eigenvalue weighted by atomic mass is 9.86. The van der Waals surface area contributed by atoms with Crippen molar-refractivity contribution in [2.24, 2.45) is 11.3 Å². The molecule has 452 valence electrons. The van der Waals surface area contributed by atoms with Gasteiger partial charge in [0.2, 0.25) is 44.5 Å². The molecule has 0 spiro atoms. The van der Waals surface area contributed by atoms with E-state index in [9.17, 15) is 47.1 Å². The Morgan fingerprint density at radius 3 is 2.34 bits per heavy atom. The summed E-state index contributed by atoms with van der Waals surface area (Å²) in [6.45, 7) is 9.68. The van der Waals surface area contributed by atoms with Crippen LogP contribution >= 0.6 is 0 Å². The van der Waals surface area contributed by atoms with Crippen LogP contribution in [0.15, 0.2) is 71.0 Å². The maximum atomic E-state index is 15.1. The van der Waals surface area contributed by atoms with Gasteiger partial charge in [0.1, 0.15) is 43.5 Å². The van der Waals surface area contributed by atoms with Gasteiger partial charge in [-0.2, -0.15) is 0 Å². The number of nitrogens with one attached hydrogen (secondary N) is 5. The number of carbonyl (C=O) groups is 6. The topological polar surface area (TPSA) is 330 Å². The maximum Gasteiger partial charge on any atom is 0.343 e. The van der Waals surface area contributed by atoms with E-state index in [-0.39, 0.29) is 62.0 Å². The van der Waals surface area contributed by atoms with Crippen LogP contribution in [0.4, 0.5) is 10.1 Å². The van der Waals surface area contributed by atoms with Gasteiger partial charge in [0.25, 0.3) is 5.56 Å². The molecule has 0 saturated heterocycles. The number of aliphatic hydroxyl groups is 1. The summed E-state index contributed by atoms with van der Waals surface area (Å²) in [7, 11) is 0.243. The molecule has 25 nitrogen and oxygen atoms in total. The first-order valence-corrected chi connectivity index (χ1v) is 29.6. The van der Waals surface area contributed by atoms with Gasteiger partial charge in [-0.15, -0.1) is 5.10 Å². The Morgan fingerprint density at radius 1 is 0.953 bits per heavy atom. The van der Waals surface area contributed by atoms with Gasteiger partial charge in [-0.3, -0.25) is 33.4 Å². The molecule has 0 radical (unpaired) electrons. The van der Waals surface area contributed by atoms with Crippen LogP contribution in [0.1, 0.15) is 89.0 Å². The number of amides is 5. The molecule has 5 amide bonds. The van der Waals surface area contributed by atoms with Crippen molar-refractivity contribution in [2.45, 2.75) is 116 Å². The predicted octanol–water partition coefficient (Wildman–Crippen LogP) is 3.27. The smallest absolute Gasteiger partial charge is 0.343 e. The summed E-state index contributed by atoms with van der Waals surface area (Å²) in [6, 6.07) is 9.34. The van der Waals surface area contributed by atoms with Gasteiger partial charge in [0.15, 0.2) is 5.60 Å². The van der Waals surface area contributed by atoms with Crippen molar-refractivity contribution in [1.29, 1.82) is 0 Å². The Bertz CT molecular complexity index is 3740. The van der Waals surface area contributed by atoms with Crippen molar-refractivity contribution in [1.82, 2.24) is 60.7 Å². The van der Waals surface area contributed by atoms with E-state index in [1.807, 2.05) is 19.0 Å². The molecular formula is C58H70FN13O12S. The van der Waals surface area contributed by atoms with Crippen molar-refractivity contribution in [3.05, 3.63) is 99.5 Å². The number of aryl methyl sites for hydroxylation is 2. The van der Waals surface area contributed by atoms with E-state index >= 15 is 4.39 Å². The van der Waals surface area contributed by atoms with Gasteiger partial charge < -0.3 is 50.6 Å². The second kappa shape index (κ2) is 25.8. The fourth-order valence-electron chi connectivity index (χ4n) is 9.95. The highest BCUT2D eigenvalue weighted by Gasteiger charge is 2.46. The third kappa shape index (κ3) is 14.2. The number of aromatic nitrogens is 7. The molecule has 6 aromatic rings. The minimum Gasteiger partial charge on any atom is -0.458 e. The zero-order valence-corrected chi connectivity index (χ0v) is 49.6. The van der Waals surface area contributed by atoms with Crippen LogP contribution in [0.5, 0.6) is 0 Å². The number of benzene rings is 2. The van der Waals surface area contributed by atoms with Crippen molar-refractivity contribution in [3.8, 4) is 33.8 Å². The highest BCUT2D eigenvalue weighted by atomic mass is 32.2. The maximum absolute atomic E-state index is 15.1. The number of hydrogen-bond donors (Lipinski definition) is 6. The van der Waals surface area contributed by atoms with E-state index in [0.29, 0.717) is 74.3 Å². The van der Waals surface area contributed by atoms with E-state index in [1.165, 1.54) is 27.7 Å². The summed E-state index contributed by atoms with van der Waals surface area (Å²) in [5.41, 5.74) is 1.51. The Hall–Kier alpha value is -8.40. The number of pyridine rings is 2. The van der Waals surface area contributed by atoms with Gasteiger partial charge in [0, 0.05) is 64.4 Å². The molecule has 6 heterocycles. The number of sulfone groups is 1. The molecule has 2 aliphatic heterocycles. The fourth-order valence-corrected chi connectivity index (χ4v) is 10.4. The molecule has 2 aliphatic rings. The summed E-state index contributed by atoms with van der Waals surface area (Å²) in [5, 5.41) is 33.4. The summed E-state index contributed by atoms with van der Waals surface area (Å²) >= 11 is 0. The summed E-state index contributed by atoms with van der Waals surface area (Å²) < 4.78 is 52.3. The molecule has 0 unspecified atom stereocenters.